The van der Waals surface area contributed by atoms with Crippen LogP contribution in [0, 0.1) is 0 Å². The minimum absolute atomic E-state index is 0.000465. The number of aromatic hydroxyl groups is 2. The van der Waals surface area contributed by atoms with Crippen molar-refractivity contribution in [2.75, 3.05) is 17.5 Å². The molecule has 4 aromatic rings. The van der Waals surface area contributed by atoms with Crippen LogP contribution in [0.1, 0.15) is 47.0 Å². The summed E-state index contributed by atoms with van der Waals surface area (Å²) in [5.41, 5.74) is 4.47. The molecule has 0 aliphatic rings. The van der Waals surface area contributed by atoms with Crippen molar-refractivity contribution in [1.29, 1.82) is 0 Å². The first-order valence-electron chi connectivity index (χ1n) is 13.8. The average molecular weight is 604 g/mol. The number of carbonyl (C=O) groups is 1. The molecular weight excluding hydrogens is 566 g/mol. The Hall–Kier alpha value is -4.38. The van der Waals surface area contributed by atoms with E-state index in [-0.39, 0.29) is 29.6 Å². The molecule has 1 amide bonds. The van der Waals surface area contributed by atoms with Gasteiger partial charge in [-0.25, -0.2) is 8.42 Å². The van der Waals surface area contributed by atoms with Crippen molar-refractivity contribution < 1.29 is 28.5 Å². The quantitative estimate of drug-likeness (QED) is 0.129. The van der Waals surface area contributed by atoms with Gasteiger partial charge in [0.2, 0.25) is 10.0 Å². The number of β-amino-alcohol motifs (C(OH)–C–C–N with tert-alkyl or cyclic N) is 1. The third-order valence-electron chi connectivity index (χ3n) is 6.92. The summed E-state index contributed by atoms with van der Waals surface area (Å²) < 4.78 is 25.4. The van der Waals surface area contributed by atoms with E-state index in [9.17, 15) is 28.5 Å². The lowest BCUT2D eigenvalue weighted by Gasteiger charge is -2.28. The molecule has 0 fully saturated rings. The second kappa shape index (κ2) is 13.3. The highest BCUT2D eigenvalue weighted by molar-refractivity contribution is 7.92. The van der Waals surface area contributed by atoms with Crippen LogP contribution in [0.4, 0.5) is 5.69 Å². The maximum atomic E-state index is 12.9. The monoisotopic (exact) mass is 603 g/mol. The van der Waals surface area contributed by atoms with E-state index in [0.717, 1.165) is 28.5 Å². The zero-order valence-electron chi connectivity index (χ0n) is 24.3. The Morgan fingerprint density at radius 1 is 0.860 bits per heavy atom. The van der Waals surface area contributed by atoms with Crippen LogP contribution >= 0.6 is 0 Å². The maximum Gasteiger partial charge on any atom is 0.251 e. The molecule has 0 bridgehead atoms. The highest BCUT2D eigenvalue weighted by Crippen LogP contribution is 2.28. The number of anilines is 1. The molecular formula is C33H37N3O6S. The molecule has 226 valence electrons. The Kier molecular flexibility index (Phi) is 9.75. The number of hydrogen-bond acceptors (Lipinski definition) is 7. The third-order valence-corrected chi connectivity index (χ3v) is 7.51. The highest BCUT2D eigenvalue weighted by atomic mass is 32.2. The van der Waals surface area contributed by atoms with Crippen LogP contribution in [0.25, 0.3) is 11.1 Å². The first-order chi connectivity index (χ1) is 20.3. The number of aliphatic hydroxyl groups is 1. The molecule has 6 N–H and O–H groups in total. The first-order valence-corrected chi connectivity index (χ1v) is 15.7. The molecule has 10 heteroatoms. The average Bonchev–Trinajstić information content (AvgIpc) is 2.96. The number of sulfonamides is 1. The van der Waals surface area contributed by atoms with E-state index < -0.39 is 21.7 Å². The van der Waals surface area contributed by atoms with E-state index in [1.54, 1.807) is 18.2 Å². The van der Waals surface area contributed by atoms with Crippen molar-refractivity contribution in [2.45, 2.75) is 38.5 Å². The summed E-state index contributed by atoms with van der Waals surface area (Å²) in [4.78, 5) is 12.9. The molecule has 4 aromatic carbocycles. The summed E-state index contributed by atoms with van der Waals surface area (Å²) in [6.07, 6.45) is 0.611. The summed E-state index contributed by atoms with van der Waals surface area (Å²) in [6, 6.07) is 26.6. The fraction of sp³-hybridized carbons (Fsp3) is 0.242. The molecule has 0 saturated heterocycles. The van der Waals surface area contributed by atoms with E-state index in [1.807, 2.05) is 68.4 Å². The smallest absolute Gasteiger partial charge is 0.251 e. The number of phenolic OH excluding ortho intramolecular Hbond substituents is 2. The molecule has 4 rings (SSSR count). The molecule has 0 aliphatic heterocycles. The second-order valence-electron chi connectivity index (χ2n) is 11.2. The molecule has 0 unspecified atom stereocenters. The van der Waals surface area contributed by atoms with Gasteiger partial charge in [0, 0.05) is 24.2 Å². The highest BCUT2D eigenvalue weighted by Gasteiger charge is 2.21. The lowest BCUT2D eigenvalue weighted by Crippen LogP contribution is -2.43. The summed E-state index contributed by atoms with van der Waals surface area (Å²) >= 11 is 0. The van der Waals surface area contributed by atoms with E-state index in [0.29, 0.717) is 24.1 Å². The predicted octanol–water partition coefficient (Wildman–Crippen LogP) is 4.71. The van der Waals surface area contributed by atoms with E-state index in [1.165, 1.54) is 18.2 Å². The van der Waals surface area contributed by atoms with Gasteiger partial charge in [0.1, 0.15) is 11.5 Å². The van der Waals surface area contributed by atoms with Gasteiger partial charge < -0.3 is 26.0 Å². The lowest BCUT2D eigenvalue weighted by atomic mass is 9.93. The number of benzene rings is 4. The molecule has 0 aliphatic carbocycles. The minimum atomic E-state index is -3.59. The Bertz CT molecular complexity index is 1670. The van der Waals surface area contributed by atoms with E-state index in [2.05, 4.69) is 15.4 Å². The van der Waals surface area contributed by atoms with Gasteiger partial charge in [-0.15, -0.1) is 0 Å². The number of rotatable bonds is 12. The van der Waals surface area contributed by atoms with Crippen LogP contribution in [0.3, 0.4) is 0 Å². The van der Waals surface area contributed by atoms with Gasteiger partial charge in [-0.1, -0.05) is 54.6 Å². The maximum absolute atomic E-state index is 12.9. The van der Waals surface area contributed by atoms with E-state index in [4.69, 9.17) is 0 Å². The van der Waals surface area contributed by atoms with Gasteiger partial charge in [0.25, 0.3) is 5.91 Å². The number of carbonyl (C=O) groups excluding carboxylic acids is 1. The number of hydrogen-bond donors (Lipinski definition) is 6. The molecule has 1 atom stereocenters. The first kappa shape index (κ1) is 31.6. The van der Waals surface area contributed by atoms with Crippen LogP contribution in [0.2, 0.25) is 0 Å². The normalized spacial score (nSPS) is 12.5. The fourth-order valence-electron chi connectivity index (χ4n) is 4.68. The number of nitrogens with one attached hydrogen (secondary N) is 3. The minimum Gasteiger partial charge on any atom is -0.508 e. The Morgan fingerprint density at radius 3 is 2.16 bits per heavy atom. The molecule has 0 radical (unpaired) electrons. The van der Waals surface area contributed by atoms with Gasteiger partial charge in [-0.3, -0.25) is 9.52 Å². The molecule has 43 heavy (non-hydrogen) atoms. The van der Waals surface area contributed by atoms with Crippen molar-refractivity contribution in [3.63, 3.8) is 0 Å². The van der Waals surface area contributed by atoms with Crippen molar-refractivity contribution in [2.24, 2.45) is 0 Å². The standard InChI is InChI=1S/C33H37N3O6S/c1-33(2,35-21-31(39)26-13-16-30(38)29(18-26)36-43(3,41)42)19-23-5-4-6-27(17-23)32(40)34-20-22-7-9-24(10-8-22)25-11-14-28(37)15-12-25/h4-18,31,35-39H,19-21H2,1-3H3,(H,34,40)/t31-/m0/s1. The van der Waals surface area contributed by atoms with Crippen molar-refractivity contribution in [1.82, 2.24) is 10.6 Å². The topological polar surface area (TPSA) is 148 Å². The van der Waals surface area contributed by atoms with Crippen LogP contribution < -0.4 is 15.4 Å². The van der Waals surface area contributed by atoms with Crippen molar-refractivity contribution >= 4 is 21.6 Å². The molecule has 0 spiro atoms. The third kappa shape index (κ3) is 9.31. The van der Waals surface area contributed by atoms with Crippen LogP contribution in [-0.2, 0) is 23.0 Å². The molecule has 0 heterocycles. The fourth-order valence-corrected chi connectivity index (χ4v) is 5.24. The summed E-state index contributed by atoms with van der Waals surface area (Å²) in [6.45, 7) is 4.54. The van der Waals surface area contributed by atoms with Gasteiger partial charge in [-0.05, 0) is 84.5 Å². The van der Waals surface area contributed by atoms with Crippen molar-refractivity contribution in [3.05, 3.63) is 113 Å². The lowest BCUT2D eigenvalue weighted by molar-refractivity contribution is 0.0950. The number of amides is 1. The Balaban J connectivity index is 1.31. The largest absolute Gasteiger partial charge is 0.508 e. The zero-order valence-corrected chi connectivity index (χ0v) is 25.2. The molecule has 0 aromatic heterocycles. The Morgan fingerprint density at radius 2 is 1.51 bits per heavy atom. The number of aliphatic hydroxyl groups excluding tert-OH is 1. The van der Waals surface area contributed by atoms with Gasteiger partial charge in [-0.2, -0.15) is 0 Å². The van der Waals surface area contributed by atoms with Crippen LogP contribution in [0.15, 0.2) is 91.0 Å². The van der Waals surface area contributed by atoms with E-state index >= 15 is 0 Å². The SMILES string of the molecule is CC(C)(Cc1cccc(C(=O)NCc2ccc(-c3ccc(O)cc3)cc2)c1)NC[C@H](O)c1ccc(O)c(NS(C)(=O)=O)c1. The predicted molar refractivity (Wildman–Crippen MR) is 168 cm³/mol. The van der Waals surface area contributed by atoms with Gasteiger partial charge in [0.15, 0.2) is 0 Å². The number of phenols is 2. The van der Waals surface area contributed by atoms with Crippen molar-refractivity contribution in [3.8, 4) is 22.6 Å². The zero-order chi connectivity index (χ0) is 31.2. The summed E-state index contributed by atoms with van der Waals surface area (Å²) in [5.74, 6) is -0.198. The van der Waals surface area contributed by atoms with Gasteiger partial charge in [0.05, 0.1) is 18.0 Å². The van der Waals surface area contributed by atoms with Crippen LogP contribution in [0.5, 0.6) is 11.5 Å². The molecule has 0 saturated carbocycles. The van der Waals surface area contributed by atoms with Crippen LogP contribution in [-0.4, -0.2) is 48.0 Å². The summed E-state index contributed by atoms with van der Waals surface area (Å²) in [5, 5.41) is 36.5. The molecule has 9 nitrogen and oxygen atoms in total. The second-order valence-corrected chi connectivity index (χ2v) is 13.0. The Labute approximate surface area is 252 Å². The van der Waals surface area contributed by atoms with Gasteiger partial charge >= 0.3 is 0 Å². The summed E-state index contributed by atoms with van der Waals surface area (Å²) in [7, 11) is -3.59.